The molecule has 11 heteroatoms. The monoisotopic (exact) mass is 1050 g/mol. The molecule has 74 heavy (non-hydrogen) atoms. The number of ether oxygens (including phenoxy) is 3. The van der Waals surface area contributed by atoms with E-state index in [-0.39, 0.29) is 19.4 Å². The number of hydrogen-bond acceptors (Lipinski definition) is 10. The highest BCUT2D eigenvalue weighted by Crippen LogP contribution is 2.26. The highest BCUT2D eigenvalue weighted by atomic mass is 16.7. The van der Waals surface area contributed by atoms with Crippen LogP contribution in [0.25, 0.3) is 0 Å². The van der Waals surface area contributed by atoms with Crippen molar-refractivity contribution in [2.75, 3.05) is 13.2 Å². The Bertz CT molecular complexity index is 1340. The molecule has 8 unspecified atom stereocenters. The number of carbonyl (C=O) groups is 2. The topological polar surface area (TPSA) is 175 Å². The Morgan fingerprint density at radius 3 is 1.31 bits per heavy atom. The van der Waals surface area contributed by atoms with E-state index in [9.17, 15) is 35.1 Å². The summed E-state index contributed by atoms with van der Waals surface area (Å²) in [5, 5.41) is 56.9. The van der Waals surface area contributed by atoms with Crippen LogP contribution in [0.2, 0.25) is 0 Å². The largest absolute Gasteiger partial charge is 0.454 e. The van der Waals surface area contributed by atoms with E-state index >= 15 is 0 Å². The molecule has 0 radical (unpaired) electrons. The molecular formula is C63H117NO10. The Morgan fingerprint density at radius 2 is 0.892 bits per heavy atom. The molecule has 1 saturated heterocycles. The Kier molecular flexibility index (Phi) is 48.8. The number of carbonyl (C=O) groups excluding carboxylic acids is 2. The van der Waals surface area contributed by atoms with Gasteiger partial charge in [-0.3, -0.25) is 9.59 Å². The second kappa shape index (κ2) is 51.6. The summed E-state index contributed by atoms with van der Waals surface area (Å²) in [6.07, 6.45) is 50.5. The molecule has 1 amide bonds. The minimum absolute atomic E-state index is 0.123. The van der Waals surface area contributed by atoms with E-state index < -0.39 is 67.4 Å². The average molecular weight is 1050 g/mol. The van der Waals surface area contributed by atoms with Crippen LogP contribution in [0.4, 0.5) is 0 Å². The summed E-state index contributed by atoms with van der Waals surface area (Å²) < 4.78 is 17.6. The first-order valence-corrected chi connectivity index (χ1v) is 31.3. The SMILES string of the molecule is CCCCCCCC/C=C/CCCCCCCCCCCCCC(=O)OC1C(OCC(NC(=O)C(O)CCCC/C=C\CCCCCCCCC)C(O)/C=C/CCCCCCCCCCC)OC(CO)C(O)C1O. The first-order valence-electron chi connectivity index (χ1n) is 31.3. The van der Waals surface area contributed by atoms with Crippen LogP contribution < -0.4 is 5.32 Å². The van der Waals surface area contributed by atoms with Crippen LogP contribution in [0.3, 0.4) is 0 Å². The van der Waals surface area contributed by atoms with Crippen molar-refractivity contribution in [1.82, 2.24) is 5.32 Å². The molecule has 0 aromatic carbocycles. The van der Waals surface area contributed by atoms with Gasteiger partial charge in [0, 0.05) is 6.42 Å². The second-order valence-corrected chi connectivity index (χ2v) is 21.8. The fourth-order valence-electron chi connectivity index (χ4n) is 9.76. The summed E-state index contributed by atoms with van der Waals surface area (Å²) in [5.41, 5.74) is 0. The smallest absolute Gasteiger partial charge is 0.306 e. The maximum Gasteiger partial charge on any atom is 0.306 e. The Balaban J connectivity index is 2.63. The molecule has 0 aliphatic carbocycles. The van der Waals surface area contributed by atoms with E-state index in [1.807, 2.05) is 6.08 Å². The maximum atomic E-state index is 13.4. The Hall–Kier alpha value is -2.12. The maximum absolute atomic E-state index is 13.4. The third-order valence-corrected chi connectivity index (χ3v) is 14.8. The quantitative estimate of drug-likeness (QED) is 0.0195. The lowest BCUT2D eigenvalue weighted by molar-refractivity contribution is -0.305. The lowest BCUT2D eigenvalue weighted by Gasteiger charge is -2.41. The minimum atomic E-state index is -1.61. The highest BCUT2D eigenvalue weighted by molar-refractivity contribution is 5.80. The number of aliphatic hydroxyl groups is 5. The van der Waals surface area contributed by atoms with E-state index in [1.165, 1.54) is 186 Å². The molecule has 8 atom stereocenters. The molecule has 1 heterocycles. The zero-order valence-electron chi connectivity index (χ0n) is 48.0. The molecule has 6 N–H and O–H groups in total. The first kappa shape index (κ1) is 69.9. The van der Waals surface area contributed by atoms with Gasteiger partial charge in [0.1, 0.15) is 24.4 Å². The van der Waals surface area contributed by atoms with Crippen molar-refractivity contribution in [1.29, 1.82) is 0 Å². The summed E-state index contributed by atoms with van der Waals surface area (Å²) >= 11 is 0. The molecule has 434 valence electrons. The lowest BCUT2D eigenvalue weighted by atomic mass is 9.99. The van der Waals surface area contributed by atoms with Crippen molar-refractivity contribution in [3.63, 3.8) is 0 Å². The normalized spacial score (nSPS) is 19.5. The third kappa shape index (κ3) is 39.3. The van der Waals surface area contributed by atoms with Gasteiger partial charge < -0.3 is 45.1 Å². The predicted octanol–water partition coefficient (Wildman–Crippen LogP) is 14.7. The van der Waals surface area contributed by atoms with Gasteiger partial charge in [0.05, 0.1) is 25.4 Å². The van der Waals surface area contributed by atoms with Crippen LogP contribution in [0, 0.1) is 0 Å². The van der Waals surface area contributed by atoms with Gasteiger partial charge in [0.15, 0.2) is 12.4 Å². The van der Waals surface area contributed by atoms with E-state index in [0.29, 0.717) is 12.8 Å². The number of hydrogen-bond donors (Lipinski definition) is 6. The number of allylic oxidation sites excluding steroid dienone is 5. The summed E-state index contributed by atoms with van der Waals surface area (Å²) in [5.74, 6) is -1.20. The van der Waals surface area contributed by atoms with Crippen molar-refractivity contribution in [2.24, 2.45) is 0 Å². The third-order valence-electron chi connectivity index (χ3n) is 14.8. The standard InChI is InChI=1S/C63H117NO10/c1-4-7-10-13-16-19-22-24-25-26-27-28-29-30-31-33-36-39-42-45-48-51-58(68)74-61-60(70)59(69)57(52-65)73-63(61)72-53-54(55(66)49-46-43-40-37-34-21-18-15-12-9-6-3)64-62(71)56(67)50-47-44-41-38-35-32-23-20-17-14-11-8-5-2/h24-25,35,38,46,49,54-57,59-61,63,65-67,69-70H,4-23,26-34,36-37,39-45,47-48,50-53H2,1-3H3,(H,64,71)/b25-24+,38-35-,49-46+. The van der Waals surface area contributed by atoms with E-state index in [2.05, 4.69) is 50.4 Å². The van der Waals surface area contributed by atoms with Crippen molar-refractivity contribution in [2.45, 2.75) is 339 Å². The molecule has 1 fully saturated rings. The molecule has 1 rings (SSSR count). The second-order valence-electron chi connectivity index (χ2n) is 21.8. The van der Waals surface area contributed by atoms with Gasteiger partial charge in [-0.05, 0) is 77.0 Å². The fraction of sp³-hybridized carbons (Fsp3) is 0.873. The highest BCUT2D eigenvalue weighted by Gasteiger charge is 2.47. The van der Waals surface area contributed by atoms with Gasteiger partial charge in [-0.1, -0.05) is 243 Å². The Morgan fingerprint density at radius 1 is 0.514 bits per heavy atom. The summed E-state index contributed by atoms with van der Waals surface area (Å²) in [7, 11) is 0. The van der Waals surface area contributed by atoms with Gasteiger partial charge in [-0.2, -0.15) is 0 Å². The van der Waals surface area contributed by atoms with Crippen molar-refractivity contribution >= 4 is 11.9 Å². The van der Waals surface area contributed by atoms with Gasteiger partial charge in [0.25, 0.3) is 0 Å². The summed E-state index contributed by atoms with van der Waals surface area (Å²) in [4.78, 5) is 26.5. The molecule has 0 spiro atoms. The van der Waals surface area contributed by atoms with Crippen molar-refractivity contribution in [3.05, 3.63) is 36.5 Å². The minimum Gasteiger partial charge on any atom is -0.454 e. The van der Waals surface area contributed by atoms with Crippen LogP contribution in [-0.4, -0.2) is 99.6 Å². The predicted molar refractivity (Wildman–Crippen MR) is 306 cm³/mol. The lowest BCUT2D eigenvalue weighted by Crippen LogP contribution is -2.61. The molecule has 0 bridgehead atoms. The molecule has 1 aliphatic heterocycles. The molecule has 0 saturated carbocycles. The number of aliphatic hydroxyl groups excluding tert-OH is 5. The zero-order valence-corrected chi connectivity index (χ0v) is 48.0. The van der Waals surface area contributed by atoms with Crippen LogP contribution in [0.5, 0.6) is 0 Å². The van der Waals surface area contributed by atoms with Crippen LogP contribution >= 0.6 is 0 Å². The van der Waals surface area contributed by atoms with Crippen LogP contribution in [-0.2, 0) is 23.8 Å². The number of nitrogens with one attached hydrogen (secondary N) is 1. The molecule has 1 aliphatic rings. The molecule has 11 nitrogen and oxygen atoms in total. The van der Waals surface area contributed by atoms with Crippen LogP contribution in [0.15, 0.2) is 36.5 Å². The average Bonchev–Trinajstić information content (AvgIpc) is 3.40. The fourth-order valence-corrected chi connectivity index (χ4v) is 9.76. The van der Waals surface area contributed by atoms with Crippen molar-refractivity contribution in [3.8, 4) is 0 Å². The number of unbranched alkanes of at least 4 members (excludes halogenated alkanes) is 35. The van der Waals surface area contributed by atoms with Gasteiger partial charge in [-0.15, -0.1) is 0 Å². The molecular weight excluding hydrogens is 931 g/mol. The summed E-state index contributed by atoms with van der Waals surface area (Å²) in [6, 6.07) is -1.03. The Labute approximate surface area is 453 Å². The van der Waals surface area contributed by atoms with Crippen molar-refractivity contribution < 1.29 is 49.3 Å². The zero-order chi connectivity index (χ0) is 54.0. The van der Waals surface area contributed by atoms with Gasteiger partial charge in [0.2, 0.25) is 5.91 Å². The van der Waals surface area contributed by atoms with Crippen LogP contribution in [0.1, 0.15) is 290 Å². The van der Waals surface area contributed by atoms with E-state index in [0.717, 1.165) is 57.8 Å². The first-order chi connectivity index (χ1) is 36.2. The van der Waals surface area contributed by atoms with Gasteiger partial charge >= 0.3 is 5.97 Å². The van der Waals surface area contributed by atoms with E-state index in [4.69, 9.17) is 14.2 Å². The number of amides is 1. The number of esters is 1. The molecule has 0 aromatic rings. The summed E-state index contributed by atoms with van der Waals surface area (Å²) in [6.45, 7) is 5.78. The number of rotatable bonds is 53. The van der Waals surface area contributed by atoms with Gasteiger partial charge in [-0.25, -0.2) is 0 Å². The van der Waals surface area contributed by atoms with E-state index in [1.54, 1.807) is 6.08 Å². The molecule has 0 aromatic heterocycles.